The SMILES string of the molecule is Cc1ccccc1Nc1nc(C(=O)O)cs1. The third-order valence-corrected chi connectivity index (χ3v) is 2.87. The normalized spacial score (nSPS) is 10.1. The summed E-state index contributed by atoms with van der Waals surface area (Å²) in [7, 11) is 0. The summed E-state index contributed by atoms with van der Waals surface area (Å²) in [5.74, 6) is -1.01. The van der Waals surface area contributed by atoms with Crippen LogP contribution in [-0.2, 0) is 0 Å². The Balaban J connectivity index is 2.21. The first-order valence-electron chi connectivity index (χ1n) is 4.68. The summed E-state index contributed by atoms with van der Waals surface area (Å²) in [4.78, 5) is 14.6. The van der Waals surface area contributed by atoms with Crippen LogP contribution in [0.15, 0.2) is 29.6 Å². The number of carboxylic acid groups (broad SMARTS) is 1. The molecule has 2 rings (SSSR count). The fraction of sp³-hybridized carbons (Fsp3) is 0.0909. The molecule has 0 bridgehead atoms. The molecule has 0 unspecified atom stereocenters. The van der Waals surface area contributed by atoms with E-state index in [2.05, 4.69) is 10.3 Å². The van der Waals surface area contributed by atoms with Crippen LogP contribution in [-0.4, -0.2) is 16.1 Å². The van der Waals surface area contributed by atoms with Gasteiger partial charge in [-0.1, -0.05) is 18.2 Å². The predicted octanol–water partition coefficient (Wildman–Crippen LogP) is 2.89. The highest BCUT2D eigenvalue weighted by atomic mass is 32.1. The molecule has 0 aliphatic carbocycles. The number of carboxylic acids is 1. The molecule has 0 fully saturated rings. The number of aromatic nitrogens is 1. The van der Waals surface area contributed by atoms with Crippen molar-refractivity contribution in [3.05, 3.63) is 40.9 Å². The standard InChI is InChI=1S/C11H10N2O2S/c1-7-4-2-3-5-8(7)12-11-13-9(6-16-11)10(14)15/h2-6H,1H3,(H,12,13)(H,14,15). The van der Waals surface area contributed by atoms with Crippen molar-refractivity contribution >= 4 is 28.1 Å². The van der Waals surface area contributed by atoms with Crippen LogP contribution in [0, 0.1) is 6.92 Å². The monoisotopic (exact) mass is 234 g/mol. The second kappa shape index (κ2) is 4.32. The summed E-state index contributed by atoms with van der Waals surface area (Å²) in [5.41, 5.74) is 2.10. The number of nitrogens with one attached hydrogen (secondary N) is 1. The van der Waals surface area contributed by atoms with E-state index in [1.54, 1.807) is 0 Å². The molecule has 82 valence electrons. The van der Waals surface area contributed by atoms with Crippen LogP contribution in [0.5, 0.6) is 0 Å². The average Bonchev–Trinajstić information content (AvgIpc) is 2.70. The molecule has 0 atom stereocenters. The third-order valence-electron chi connectivity index (χ3n) is 2.11. The smallest absolute Gasteiger partial charge is 0.355 e. The van der Waals surface area contributed by atoms with Crippen molar-refractivity contribution in [3.63, 3.8) is 0 Å². The second-order valence-corrected chi connectivity index (χ2v) is 4.14. The van der Waals surface area contributed by atoms with E-state index in [-0.39, 0.29) is 5.69 Å². The number of aryl methyl sites for hydroxylation is 1. The van der Waals surface area contributed by atoms with Gasteiger partial charge in [-0.05, 0) is 18.6 Å². The third kappa shape index (κ3) is 2.20. The van der Waals surface area contributed by atoms with Gasteiger partial charge in [-0.2, -0.15) is 0 Å². The largest absolute Gasteiger partial charge is 0.476 e. The Hall–Kier alpha value is -1.88. The summed E-state index contributed by atoms with van der Waals surface area (Å²) in [5, 5.41) is 13.9. The lowest BCUT2D eigenvalue weighted by Gasteiger charge is -2.05. The number of rotatable bonds is 3. The number of aromatic carboxylic acids is 1. The van der Waals surface area contributed by atoms with Gasteiger partial charge in [-0.25, -0.2) is 9.78 Å². The Kier molecular flexibility index (Phi) is 2.87. The number of hydrogen-bond donors (Lipinski definition) is 2. The number of hydrogen-bond acceptors (Lipinski definition) is 4. The molecule has 0 saturated carbocycles. The highest BCUT2D eigenvalue weighted by Gasteiger charge is 2.08. The second-order valence-electron chi connectivity index (χ2n) is 3.28. The van der Waals surface area contributed by atoms with E-state index < -0.39 is 5.97 Å². The zero-order valence-electron chi connectivity index (χ0n) is 8.60. The fourth-order valence-corrected chi connectivity index (χ4v) is 1.95. The zero-order valence-corrected chi connectivity index (χ0v) is 9.41. The van der Waals surface area contributed by atoms with E-state index >= 15 is 0 Å². The fourth-order valence-electron chi connectivity index (χ4n) is 1.26. The number of thiazole rings is 1. The van der Waals surface area contributed by atoms with Crippen LogP contribution in [0.2, 0.25) is 0 Å². The molecule has 0 saturated heterocycles. The highest BCUT2D eigenvalue weighted by molar-refractivity contribution is 7.14. The van der Waals surface area contributed by atoms with Crippen molar-refractivity contribution in [2.75, 3.05) is 5.32 Å². The van der Waals surface area contributed by atoms with Gasteiger partial charge in [0.05, 0.1) is 0 Å². The molecule has 5 heteroatoms. The van der Waals surface area contributed by atoms with Gasteiger partial charge in [0, 0.05) is 11.1 Å². The van der Waals surface area contributed by atoms with E-state index in [1.807, 2.05) is 31.2 Å². The highest BCUT2D eigenvalue weighted by Crippen LogP contribution is 2.23. The maximum atomic E-state index is 10.7. The molecular weight excluding hydrogens is 224 g/mol. The topological polar surface area (TPSA) is 62.2 Å². The molecule has 0 radical (unpaired) electrons. The molecular formula is C11H10N2O2S. The van der Waals surface area contributed by atoms with Crippen molar-refractivity contribution in [2.24, 2.45) is 0 Å². The summed E-state index contributed by atoms with van der Waals surface area (Å²) in [6.45, 7) is 1.98. The van der Waals surface area contributed by atoms with Crippen LogP contribution in [0.25, 0.3) is 0 Å². The Labute approximate surface area is 96.6 Å². The molecule has 4 nitrogen and oxygen atoms in total. The number of anilines is 2. The first kappa shape index (κ1) is 10.6. The van der Waals surface area contributed by atoms with Crippen molar-refractivity contribution < 1.29 is 9.90 Å². The molecule has 1 aromatic carbocycles. The number of para-hydroxylation sites is 1. The van der Waals surface area contributed by atoms with Crippen molar-refractivity contribution in [2.45, 2.75) is 6.92 Å². The maximum Gasteiger partial charge on any atom is 0.355 e. The molecule has 0 spiro atoms. The van der Waals surface area contributed by atoms with Crippen molar-refractivity contribution in [3.8, 4) is 0 Å². The first-order chi connectivity index (χ1) is 7.66. The van der Waals surface area contributed by atoms with Crippen LogP contribution in [0.4, 0.5) is 10.8 Å². The van der Waals surface area contributed by atoms with Gasteiger partial charge in [0.15, 0.2) is 10.8 Å². The molecule has 2 aromatic rings. The lowest BCUT2D eigenvalue weighted by atomic mass is 10.2. The van der Waals surface area contributed by atoms with Crippen LogP contribution < -0.4 is 5.32 Å². The van der Waals surface area contributed by atoms with E-state index in [9.17, 15) is 4.79 Å². The summed E-state index contributed by atoms with van der Waals surface area (Å²) in [6, 6.07) is 7.78. The van der Waals surface area contributed by atoms with Crippen molar-refractivity contribution in [1.82, 2.24) is 4.98 Å². The van der Waals surface area contributed by atoms with Crippen LogP contribution >= 0.6 is 11.3 Å². The molecule has 16 heavy (non-hydrogen) atoms. The molecule has 0 amide bonds. The van der Waals surface area contributed by atoms with E-state index in [1.165, 1.54) is 16.7 Å². The molecule has 1 aromatic heterocycles. The molecule has 2 N–H and O–H groups in total. The van der Waals surface area contributed by atoms with Gasteiger partial charge in [0.2, 0.25) is 0 Å². The number of benzene rings is 1. The maximum absolute atomic E-state index is 10.7. The Morgan fingerprint density at radius 2 is 2.19 bits per heavy atom. The van der Waals surface area contributed by atoms with Gasteiger partial charge in [-0.15, -0.1) is 11.3 Å². The Bertz CT molecular complexity index is 522. The van der Waals surface area contributed by atoms with Gasteiger partial charge < -0.3 is 10.4 Å². The van der Waals surface area contributed by atoms with Crippen molar-refractivity contribution in [1.29, 1.82) is 0 Å². The quantitative estimate of drug-likeness (QED) is 0.857. The molecule has 1 heterocycles. The number of carbonyl (C=O) groups is 1. The predicted molar refractivity (Wildman–Crippen MR) is 63.5 cm³/mol. The zero-order chi connectivity index (χ0) is 11.5. The number of nitrogens with zero attached hydrogens (tertiary/aromatic N) is 1. The van der Waals surface area contributed by atoms with Gasteiger partial charge in [-0.3, -0.25) is 0 Å². The lowest BCUT2D eigenvalue weighted by molar-refractivity contribution is 0.0691. The van der Waals surface area contributed by atoms with Crippen LogP contribution in [0.3, 0.4) is 0 Å². The van der Waals surface area contributed by atoms with Gasteiger partial charge in [0.25, 0.3) is 0 Å². The summed E-state index contributed by atoms with van der Waals surface area (Å²) < 4.78 is 0. The Morgan fingerprint density at radius 1 is 1.44 bits per heavy atom. The van der Waals surface area contributed by atoms with E-state index in [4.69, 9.17) is 5.11 Å². The lowest BCUT2D eigenvalue weighted by Crippen LogP contribution is -1.97. The minimum Gasteiger partial charge on any atom is -0.476 e. The molecule has 0 aliphatic heterocycles. The van der Waals surface area contributed by atoms with Gasteiger partial charge >= 0.3 is 5.97 Å². The summed E-state index contributed by atoms with van der Waals surface area (Å²) in [6.07, 6.45) is 0. The summed E-state index contributed by atoms with van der Waals surface area (Å²) >= 11 is 1.28. The Morgan fingerprint density at radius 3 is 2.81 bits per heavy atom. The van der Waals surface area contributed by atoms with E-state index in [0.717, 1.165) is 11.3 Å². The minimum absolute atomic E-state index is 0.0704. The first-order valence-corrected chi connectivity index (χ1v) is 5.56. The average molecular weight is 234 g/mol. The minimum atomic E-state index is -1.01. The van der Waals surface area contributed by atoms with E-state index in [0.29, 0.717) is 5.13 Å². The molecule has 0 aliphatic rings. The van der Waals surface area contributed by atoms with Crippen LogP contribution in [0.1, 0.15) is 16.1 Å². The van der Waals surface area contributed by atoms with Gasteiger partial charge in [0.1, 0.15) is 0 Å².